The van der Waals surface area contributed by atoms with Crippen LogP contribution in [0.5, 0.6) is 0 Å². The molecule has 15 heavy (non-hydrogen) atoms. The van der Waals surface area contributed by atoms with Crippen molar-refractivity contribution in [1.29, 1.82) is 0 Å². The number of rotatable bonds is 1. The lowest BCUT2D eigenvalue weighted by atomic mass is 9.87. The molecule has 0 bridgehead atoms. The summed E-state index contributed by atoms with van der Waals surface area (Å²) in [7, 11) is 0. The number of carbonyl (C=O) groups is 1. The van der Waals surface area contributed by atoms with Crippen LogP contribution in [0.15, 0.2) is 18.5 Å². The first-order valence-electron chi connectivity index (χ1n) is 4.82. The van der Waals surface area contributed by atoms with Crippen molar-refractivity contribution in [3.8, 4) is 0 Å². The van der Waals surface area contributed by atoms with Gasteiger partial charge in [-0.25, -0.2) is 4.98 Å². The van der Waals surface area contributed by atoms with Gasteiger partial charge in [-0.1, -0.05) is 20.8 Å². The second-order valence-corrected chi connectivity index (χ2v) is 4.61. The van der Waals surface area contributed by atoms with Gasteiger partial charge in [0.15, 0.2) is 11.4 Å². The van der Waals surface area contributed by atoms with Gasteiger partial charge in [0.2, 0.25) is 0 Å². The minimum absolute atomic E-state index is 0.0955. The van der Waals surface area contributed by atoms with Crippen LogP contribution in [0.4, 0.5) is 0 Å². The van der Waals surface area contributed by atoms with Crippen LogP contribution >= 0.6 is 0 Å². The van der Waals surface area contributed by atoms with E-state index in [0.717, 1.165) is 5.39 Å². The fourth-order valence-electron chi connectivity index (χ4n) is 1.39. The summed E-state index contributed by atoms with van der Waals surface area (Å²) in [6.07, 6.45) is 3.26. The Morgan fingerprint density at radius 2 is 2.07 bits per heavy atom. The van der Waals surface area contributed by atoms with Crippen molar-refractivity contribution >= 4 is 16.8 Å². The quantitative estimate of drug-likeness (QED) is 0.723. The summed E-state index contributed by atoms with van der Waals surface area (Å²) in [5.41, 5.74) is 0.968. The molecule has 4 nitrogen and oxygen atoms in total. The molecule has 0 aliphatic carbocycles. The van der Waals surface area contributed by atoms with E-state index in [4.69, 9.17) is 0 Å². The number of Topliss-reactive ketones (excluding diaryl/α,β-unsaturated/α-hetero) is 1. The average Bonchev–Trinajstić information content (AvgIpc) is 2.61. The Labute approximate surface area is 87.7 Å². The lowest BCUT2D eigenvalue weighted by Crippen LogP contribution is -2.20. The molecule has 0 saturated heterocycles. The van der Waals surface area contributed by atoms with Crippen LogP contribution in [0.2, 0.25) is 0 Å². The number of nitrogens with zero attached hydrogens (tertiary/aromatic N) is 2. The summed E-state index contributed by atoms with van der Waals surface area (Å²) in [5, 5.41) is 7.48. The SMILES string of the molecule is CC(C)(C)C(=O)c1cnc2[nH]ncc2c1. The molecule has 2 aromatic heterocycles. The summed E-state index contributed by atoms with van der Waals surface area (Å²) >= 11 is 0. The molecule has 1 N–H and O–H groups in total. The predicted octanol–water partition coefficient (Wildman–Crippen LogP) is 2.19. The molecule has 2 heterocycles. The lowest BCUT2D eigenvalue weighted by Gasteiger charge is -2.15. The van der Waals surface area contributed by atoms with Gasteiger partial charge in [-0.2, -0.15) is 5.10 Å². The van der Waals surface area contributed by atoms with Crippen molar-refractivity contribution in [3.05, 3.63) is 24.0 Å². The number of ketones is 1. The van der Waals surface area contributed by atoms with Crippen LogP contribution in [0.3, 0.4) is 0 Å². The summed E-state index contributed by atoms with van der Waals surface area (Å²) in [6, 6.07) is 1.82. The number of nitrogens with one attached hydrogen (secondary N) is 1. The van der Waals surface area contributed by atoms with Crippen molar-refractivity contribution in [2.75, 3.05) is 0 Å². The maximum Gasteiger partial charge on any atom is 0.169 e. The molecule has 4 heteroatoms. The number of hydrogen-bond acceptors (Lipinski definition) is 3. The largest absolute Gasteiger partial charge is 0.294 e. The predicted molar refractivity (Wildman–Crippen MR) is 57.7 cm³/mol. The third-order valence-corrected chi connectivity index (χ3v) is 2.23. The van der Waals surface area contributed by atoms with E-state index in [-0.39, 0.29) is 11.2 Å². The van der Waals surface area contributed by atoms with Gasteiger partial charge in [-0.3, -0.25) is 9.89 Å². The average molecular weight is 203 g/mol. The third-order valence-electron chi connectivity index (χ3n) is 2.23. The smallest absolute Gasteiger partial charge is 0.169 e. The molecule has 0 aliphatic heterocycles. The zero-order valence-electron chi connectivity index (χ0n) is 9.03. The molecule has 0 aromatic carbocycles. The highest BCUT2D eigenvalue weighted by molar-refractivity contribution is 6.01. The highest BCUT2D eigenvalue weighted by Gasteiger charge is 2.23. The maximum atomic E-state index is 12.0. The normalized spacial score (nSPS) is 11.9. The third kappa shape index (κ3) is 1.75. The first-order chi connectivity index (χ1) is 6.98. The number of aromatic nitrogens is 3. The number of carbonyl (C=O) groups excluding carboxylic acids is 1. The van der Waals surface area contributed by atoms with E-state index >= 15 is 0 Å². The fraction of sp³-hybridized carbons (Fsp3) is 0.364. The van der Waals surface area contributed by atoms with Crippen LogP contribution in [-0.4, -0.2) is 21.0 Å². The van der Waals surface area contributed by atoms with Crippen molar-refractivity contribution in [2.24, 2.45) is 5.41 Å². The van der Waals surface area contributed by atoms with Crippen LogP contribution in [0, 0.1) is 5.41 Å². The Morgan fingerprint density at radius 1 is 1.33 bits per heavy atom. The second kappa shape index (κ2) is 3.15. The Kier molecular flexibility index (Phi) is 2.07. The highest BCUT2D eigenvalue weighted by Crippen LogP contribution is 2.21. The first-order valence-corrected chi connectivity index (χ1v) is 4.82. The van der Waals surface area contributed by atoms with Crippen LogP contribution in [-0.2, 0) is 0 Å². The standard InChI is InChI=1S/C11H13N3O/c1-11(2,3)9(15)7-4-8-6-13-14-10(8)12-5-7/h4-6H,1-3H3,(H,12,13,14). The molecular weight excluding hydrogens is 190 g/mol. The van der Waals surface area contributed by atoms with E-state index in [9.17, 15) is 4.79 Å². The summed E-state index contributed by atoms with van der Waals surface area (Å²) in [4.78, 5) is 16.1. The van der Waals surface area contributed by atoms with Crippen molar-refractivity contribution < 1.29 is 4.79 Å². The van der Waals surface area contributed by atoms with E-state index in [1.165, 1.54) is 0 Å². The molecule has 0 radical (unpaired) electrons. The van der Waals surface area contributed by atoms with Crippen LogP contribution in [0.25, 0.3) is 11.0 Å². The van der Waals surface area contributed by atoms with Gasteiger partial charge in [0.1, 0.15) is 0 Å². The molecule has 0 atom stereocenters. The fourth-order valence-corrected chi connectivity index (χ4v) is 1.39. The van der Waals surface area contributed by atoms with E-state index in [1.54, 1.807) is 12.4 Å². The molecule has 78 valence electrons. The van der Waals surface area contributed by atoms with E-state index in [2.05, 4.69) is 15.2 Å². The summed E-state index contributed by atoms with van der Waals surface area (Å²) in [6.45, 7) is 5.69. The van der Waals surface area contributed by atoms with Gasteiger partial charge < -0.3 is 0 Å². The molecule has 2 rings (SSSR count). The Bertz CT molecular complexity index is 508. The number of aromatic amines is 1. The second-order valence-electron chi connectivity index (χ2n) is 4.61. The van der Waals surface area contributed by atoms with Gasteiger partial charge in [0, 0.05) is 22.6 Å². The van der Waals surface area contributed by atoms with E-state index in [0.29, 0.717) is 11.2 Å². The van der Waals surface area contributed by atoms with Crippen molar-refractivity contribution in [2.45, 2.75) is 20.8 Å². The van der Waals surface area contributed by atoms with E-state index < -0.39 is 0 Å². The Morgan fingerprint density at radius 3 is 2.73 bits per heavy atom. The number of H-pyrrole nitrogens is 1. The van der Waals surface area contributed by atoms with Gasteiger partial charge in [-0.05, 0) is 6.07 Å². The molecule has 0 saturated carbocycles. The number of pyridine rings is 1. The molecular formula is C11H13N3O. The highest BCUT2D eigenvalue weighted by atomic mass is 16.1. The number of hydrogen-bond donors (Lipinski definition) is 1. The van der Waals surface area contributed by atoms with Gasteiger partial charge in [0.05, 0.1) is 6.20 Å². The first kappa shape index (κ1) is 9.83. The van der Waals surface area contributed by atoms with Gasteiger partial charge in [0.25, 0.3) is 0 Å². The van der Waals surface area contributed by atoms with Crippen molar-refractivity contribution in [1.82, 2.24) is 15.2 Å². The maximum absolute atomic E-state index is 12.0. The summed E-state index contributed by atoms with van der Waals surface area (Å²) in [5.74, 6) is 0.0955. The molecule has 2 aromatic rings. The topological polar surface area (TPSA) is 58.6 Å². The monoisotopic (exact) mass is 203 g/mol. The summed E-state index contributed by atoms with van der Waals surface area (Å²) < 4.78 is 0. The Balaban J connectivity index is 2.49. The van der Waals surface area contributed by atoms with Crippen LogP contribution in [0.1, 0.15) is 31.1 Å². The molecule has 0 unspecified atom stereocenters. The molecule has 0 aliphatic rings. The zero-order chi connectivity index (χ0) is 11.1. The van der Waals surface area contributed by atoms with E-state index in [1.807, 2.05) is 26.8 Å². The number of fused-ring (bicyclic) bond motifs is 1. The minimum atomic E-state index is -0.376. The molecule has 0 fully saturated rings. The zero-order valence-corrected chi connectivity index (χ0v) is 9.03. The van der Waals surface area contributed by atoms with Gasteiger partial charge >= 0.3 is 0 Å². The minimum Gasteiger partial charge on any atom is -0.294 e. The molecule has 0 spiro atoms. The lowest BCUT2D eigenvalue weighted by molar-refractivity contribution is 0.0858. The van der Waals surface area contributed by atoms with Crippen molar-refractivity contribution in [3.63, 3.8) is 0 Å². The Hall–Kier alpha value is -1.71. The van der Waals surface area contributed by atoms with Crippen LogP contribution < -0.4 is 0 Å². The van der Waals surface area contributed by atoms with Gasteiger partial charge in [-0.15, -0.1) is 0 Å². The molecule has 0 amide bonds.